The molecule has 0 amide bonds. The second-order valence-electron chi connectivity index (χ2n) is 5.20. The van der Waals surface area contributed by atoms with E-state index in [1.165, 1.54) is 19.3 Å². The van der Waals surface area contributed by atoms with Crippen LogP contribution in [-0.2, 0) is 0 Å². The van der Waals surface area contributed by atoms with E-state index in [4.69, 9.17) is 5.73 Å². The minimum Gasteiger partial charge on any atom is -0.382 e. The average Bonchev–Trinajstić information content (AvgIpc) is 2.62. The minimum atomic E-state index is -0.349. The number of carbonyl (C=O) groups is 2. The fourth-order valence-corrected chi connectivity index (χ4v) is 2.24. The van der Waals surface area contributed by atoms with Crippen molar-refractivity contribution in [3.05, 3.63) is 71.8 Å². The number of nitrogens with zero attached hydrogens (tertiary/aromatic N) is 3. The van der Waals surface area contributed by atoms with Gasteiger partial charge in [0.05, 0.1) is 11.9 Å². The summed E-state index contributed by atoms with van der Waals surface area (Å²) in [5.74, 6) is -0.347. The van der Waals surface area contributed by atoms with Gasteiger partial charge in [-0.2, -0.15) is 0 Å². The zero-order valence-corrected chi connectivity index (χ0v) is 12.9. The smallest absolute Gasteiger partial charge is 0.216 e. The number of pyridine rings is 1. The van der Waals surface area contributed by atoms with Gasteiger partial charge < -0.3 is 5.73 Å². The van der Waals surface area contributed by atoms with Gasteiger partial charge in [0.2, 0.25) is 5.78 Å². The second-order valence-corrected chi connectivity index (χ2v) is 5.20. The van der Waals surface area contributed by atoms with Gasteiger partial charge in [-0.15, -0.1) is 0 Å². The van der Waals surface area contributed by atoms with Crippen LogP contribution in [0.2, 0.25) is 0 Å². The predicted molar refractivity (Wildman–Crippen MR) is 89.6 cm³/mol. The summed E-state index contributed by atoms with van der Waals surface area (Å²) >= 11 is 0. The minimum absolute atomic E-state index is 0.0492. The van der Waals surface area contributed by atoms with Gasteiger partial charge in [-0.3, -0.25) is 14.6 Å². The highest BCUT2D eigenvalue weighted by molar-refractivity contribution is 6.10. The third kappa shape index (κ3) is 3.03. The van der Waals surface area contributed by atoms with Crippen LogP contribution in [0.15, 0.2) is 55.0 Å². The standard InChI is InChI=1S/C18H14N4O2/c1-11(23)12-4-2-5-13(8-12)15-10-21-18(19)16(22-15)17(24)14-6-3-7-20-9-14/h2-10H,1H3,(H2,19,21). The maximum atomic E-state index is 12.5. The Morgan fingerprint density at radius 1 is 1.04 bits per heavy atom. The maximum Gasteiger partial charge on any atom is 0.216 e. The molecule has 3 rings (SSSR count). The molecule has 2 aromatic heterocycles. The van der Waals surface area contributed by atoms with E-state index in [-0.39, 0.29) is 23.1 Å². The van der Waals surface area contributed by atoms with E-state index in [1.807, 2.05) is 0 Å². The highest BCUT2D eigenvalue weighted by Crippen LogP contribution is 2.21. The molecule has 0 bridgehead atoms. The summed E-state index contributed by atoms with van der Waals surface area (Å²) in [6.45, 7) is 1.49. The summed E-state index contributed by atoms with van der Waals surface area (Å²) in [6, 6.07) is 10.3. The fraction of sp³-hybridized carbons (Fsp3) is 0.0556. The van der Waals surface area contributed by atoms with Gasteiger partial charge in [-0.05, 0) is 25.1 Å². The molecule has 118 valence electrons. The van der Waals surface area contributed by atoms with Gasteiger partial charge in [0.15, 0.2) is 17.3 Å². The summed E-state index contributed by atoms with van der Waals surface area (Å²) in [4.78, 5) is 36.4. The predicted octanol–water partition coefficient (Wildman–Crippen LogP) is 2.55. The Morgan fingerprint density at radius 3 is 2.54 bits per heavy atom. The maximum absolute atomic E-state index is 12.5. The van der Waals surface area contributed by atoms with E-state index >= 15 is 0 Å². The number of aromatic nitrogens is 3. The first kappa shape index (κ1) is 15.5. The first-order valence-corrected chi connectivity index (χ1v) is 7.25. The zero-order valence-electron chi connectivity index (χ0n) is 12.9. The third-order valence-electron chi connectivity index (χ3n) is 3.50. The number of hydrogen-bond donors (Lipinski definition) is 1. The molecule has 6 nitrogen and oxygen atoms in total. The Balaban J connectivity index is 2.05. The lowest BCUT2D eigenvalue weighted by molar-refractivity contribution is 0.101. The highest BCUT2D eigenvalue weighted by Gasteiger charge is 2.17. The van der Waals surface area contributed by atoms with Crippen molar-refractivity contribution in [2.75, 3.05) is 5.73 Å². The molecule has 2 heterocycles. The molecule has 0 aliphatic rings. The molecule has 3 aromatic rings. The molecule has 0 radical (unpaired) electrons. The summed E-state index contributed by atoms with van der Waals surface area (Å²) in [5.41, 5.74) is 7.98. The topological polar surface area (TPSA) is 98.8 Å². The van der Waals surface area contributed by atoms with Crippen molar-refractivity contribution in [1.29, 1.82) is 0 Å². The van der Waals surface area contributed by atoms with E-state index in [0.717, 1.165) is 0 Å². The molecule has 0 spiro atoms. The number of ketones is 2. The Kier molecular flexibility index (Phi) is 4.11. The van der Waals surface area contributed by atoms with Crippen LogP contribution in [0.25, 0.3) is 11.3 Å². The first-order chi connectivity index (χ1) is 11.6. The van der Waals surface area contributed by atoms with Crippen LogP contribution < -0.4 is 5.73 Å². The van der Waals surface area contributed by atoms with E-state index < -0.39 is 0 Å². The lowest BCUT2D eigenvalue weighted by Gasteiger charge is -2.07. The number of hydrogen-bond acceptors (Lipinski definition) is 6. The van der Waals surface area contributed by atoms with Gasteiger partial charge in [-0.1, -0.05) is 18.2 Å². The summed E-state index contributed by atoms with van der Waals surface area (Å²) in [5, 5.41) is 0. The normalized spacial score (nSPS) is 10.4. The Bertz CT molecular complexity index is 923. The van der Waals surface area contributed by atoms with Crippen molar-refractivity contribution in [3.63, 3.8) is 0 Å². The van der Waals surface area contributed by atoms with Crippen LogP contribution in [0.1, 0.15) is 33.3 Å². The third-order valence-corrected chi connectivity index (χ3v) is 3.50. The van der Waals surface area contributed by atoms with Crippen LogP contribution in [0.5, 0.6) is 0 Å². The van der Waals surface area contributed by atoms with Gasteiger partial charge in [0, 0.05) is 29.1 Å². The highest BCUT2D eigenvalue weighted by atomic mass is 16.1. The Labute approximate surface area is 138 Å². The lowest BCUT2D eigenvalue weighted by atomic mass is 10.1. The van der Waals surface area contributed by atoms with Crippen molar-refractivity contribution in [2.45, 2.75) is 6.92 Å². The summed E-state index contributed by atoms with van der Waals surface area (Å²) in [7, 11) is 0. The number of benzene rings is 1. The Morgan fingerprint density at radius 2 is 1.83 bits per heavy atom. The van der Waals surface area contributed by atoms with Crippen molar-refractivity contribution in [3.8, 4) is 11.3 Å². The molecule has 0 aliphatic heterocycles. The number of carbonyl (C=O) groups excluding carboxylic acids is 2. The molecule has 1 aromatic carbocycles. The molecule has 6 heteroatoms. The van der Waals surface area contributed by atoms with Crippen molar-refractivity contribution in [1.82, 2.24) is 15.0 Å². The molecular weight excluding hydrogens is 304 g/mol. The van der Waals surface area contributed by atoms with Gasteiger partial charge in [0.25, 0.3) is 0 Å². The number of rotatable bonds is 4. The molecule has 2 N–H and O–H groups in total. The summed E-state index contributed by atoms with van der Waals surface area (Å²) in [6.07, 6.45) is 4.51. The van der Waals surface area contributed by atoms with Gasteiger partial charge >= 0.3 is 0 Å². The van der Waals surface area contributed by atoms with Crippen LogP contribution in [0.3, 0.4) is 0 Å². The molecule has 0 aliphatic carbocycles. The Hall–Kier alpha value is -3.41. The second kappa shape index (κ2) is 6.37. The first-order valence-electron chi connectivity index (χ1n) is 7.25. The number of Topliss-reactive ketones (excluding diaryl/α,β-unsaturated/α-hetero) is 1. The van der Waals surface area contributed by atoms with Crippen LogP contribution in [0.4, 0.5) is 5.82 Å². The number of anilines is 1. The van der Waals surface area contributed by atoms with Gasteiger partial charge in [0.1, 0.15) is 0 Å². The van der Waals surface area contributed by atoms with E-state index in [1.54, 1.807) is 42.6 Å². The van der Waals surface area contributed by atoms with E-state index in [9.17, 15) is 9.59 Å². The van der Waals surface area contributed by atoms with Crippen LogP contribution in [0, 0.1) is 0 Å². The fourth-order valence-electron chi connectivity index (χ4n) is 2.24. The number of nitrogen functional groups attached to an aromatic ring is 1. The molecular formula is C18H14N4O2. The monoisotopic (exact) mass is 318 g/mol. The van der Waals surface area contributed by atoms with Crippen LogP contribution in [-0.4, -0.2) is 26.5 Å². The van der Waals surface area contributed by atoms with E-state index in [2.05, 4.69) is 15.0 Å². The molecule has 24 heavy (non-hydrogen) atoms. The summed E-state index contributed by atoms with van der Waals surface area (Å²) < 4.78 is 0. The van der Waals surface area contributed by atoms with Crippen molar-refractivity contribution >= 4 is 17.4 Å². The quantitative estimate of drug-likeness (QED) is 0.742. The molecule has 0 unspecified atom stereocenters. The largest absolute Gasteiger partial charge is 0.382 e. The average molecular weight is 318 g/mol. The number of nitrogens with two attached hydrogens (primary N) is 1. The SMILES string of the molecule is CC(=O)c1cccc(-c2cnc(N)c(C(=O)c3cccnc3)n2)c1. The van der Waals surface area contributed by atoms with Crippen molar-refractivity contribution in [2.24, 2.45) is 0 Å². The van der Waals surface area contributed by atoms with Gasteiger partial charge in [-0.25, -0.2) is 9.97 Å². The lowest BCUT2D eigenvalue weighted by Crippen LogP contribution is -2.10. The van der Waals surface area contributed by atoms with Crippen LogP contribution >= 0.6 is 0 Å². The molecule has 0 saturated carbocycles. The van der Waals surface area contributed by atoms with E-state index in [0.29, 0.717) is 22.4 Å². The van der Waals surface area contributed by atoms with Crippen molar-refractivity contribution < 1.29 is 9.59 Å². The zero-order chi connectivity index (χ0) is 17.1. The molecule has 0 fully saturated rings. The molecule has 0 atom stereocenters. The molecule has 0 saturated heterocycles.